The van der Waals surface area contributed by atoms with Crippen LogP contribution >= 0.6 is 0 Å². The highest BCUT2D eigenvalue weighted by atomic mass is 32.2. The molecule has 68 valence electrons. The predicted octanol–water partition coefficient (Wildman–Crippen LogP) is -1.09. The molecular formula is C6H10N2O3S. The van der Waals surface area contributed by atoms with Crippen molar-refractivity contribution in [2.75, 3.05) is 18.8 Å². The van der Waals surface area contributed by atoms with Crippen LogP contribution in [0, 0.1) is 11.3 Å². The first-order valence-electron chi connectivity index (χ1n) is 3.59. The van der Waals surface area contributed by atoms with Crippen molar-refractivity contribution >= 4 is 10.0 Å². The standard InChI is InChI=1S/C6H10N2O3S/c7-2-4-12(10,11)8-3-1-6(9)5-8/h6,9H,1,3-5H2. The number of nitriles is 1. The van der Waals surface area contributed by atoms with Crippen molar-refractivity contribution in [3.05, 3.63) is 0 Å². The van der Waals surface area contributed by atoms with Crippen LogP contribution in [-0.2, 0) is 10.0 Å². The van der Waals surface area contributed by atoms with Gasteiger partial charge in [0.15, 0.2) is 5.75 Å². The first kappa shape index (κ1) is 9.45. The maximum absolute atomic E-state index is 11.2. The van der Waals surface area contributed by atoms with E-state index in [1.807, 2.05) is 0 Å². The second-order valence-corrected chi connectivity index (χ2v) is 4.68. The topological polar surface area (TPSA) is 81.4 Å². The summed E-state index contributed by atoms with van der Waals surface area (Å²) in [6.45, 7) is 0.454. The van der Waals surface area contributed by atoms with Gasteiger partial charge >= 0.3 is 0 Å². The number of hydrogen-bond donors (Lipinski definition) is 1. The molecule has 5 nitrogen and oxygen atoms in total. The summed E-state index contributed by atoms with van der Waals surface area (Å²) in [6.07, 6.45) is -0.108. The Bertz CT molecular complexity index is 292. The highest BCUT2D eigenvalue weighted by Gasteiger charge is 2.29. The molecule has 1 saturated heterocycles. The van der Waals surface area contributed by atoms with E-state index in [4.69, 9.17) is 10.4 Å². The average molecular weight is 190 g/mol. The molecule has 1 aliphatic rings. The number of aliphatic hydroxyl groups excluding tert-OH is 1. The minimum Gasteiger partial charge on any atom is -0.392 e. The molecule has 6 heteroatoms. The van der Waals surface area contributed by atoms with Gasteiger partial charge in [0.05, 0.1) is 12.2 Å². The van der Waals surface area contributed by atoms with Gasteiger partial charge in [-0.25, -0.2) is 8.42 Å². The molecule has 1 atom stereocenters. The first-order chi connectivity index (χ1) is 5.56. The SMILES string of the molecule is N#CCS(=O)(=O)N1CCC(O)C1. The van der Waals surface area contributed by atoms with Gasteiger partial charge in [-0.15, -0.1) is 0 Å². The van der Waals surface area contributed by atoms with Crippen LogP contribution in [0.3, 0.4) is 0 Å². The highest BCUT2D eigenvalue weighted by molar-refractivity contribution is 7.89. The van der Waals surface area contributed by atoms with E-state index in [1.54, 1.807) is 6.07 Å². The highest BCUT2D eigenvalue weighted by Crippen LogP contribution is 2.13. The van der Waals surface area contributed by atoms with Crippen LogP contribution in [0.25, 0.3) is 0 Å². The number of aliphatic hydroxyl groups is 1. The quantitative estimate of drug-likeness (QED) is 0.599. The largest absolute Gasteiger partial charge is 0.392 e. The van der Waals surface area contributed by atoms with Crippen molar-refractivity contribution < 1.29 is 13.5 Å². The molecule has 0 spiro atoms. The van der Waals surface area contributed by atoms with Crippen molar-refractivity contribution in [2.45, 2.75) is 12.5 Å². The monoisotopic (exact) mass is 190 g/mol. The van der Waals surface area contributed by atoms with E-state index in [0.29, 0.717) is 13.0 Å². The molecule has 1 fully saturated rings. The molecule has 0 amide bonds. The molecule has 0 aromatic carbocycles. The number of hydrogen-bond acceptors (Lipinski definition) is 4. The lowest BCUT2D eigenvalue weighted by molar-refractivity contribution is 0.189. The van der Waals surface area contributed by atoms with Crippen LogP contribution in [0.4, 0.5) is 0 Å². The van der Waals surface area contributed by atoms with Gasteiger partial charge in [0.1, 0.15) is 0 Å². The van der Waals surface area contributed by atoms with Crippen LogP contribution < -0.4 is 0 Å². The molecule has 1 rings (SSSR count). The third kappa shape index (κ3) is 1.94. The van der Waals surface area contributed by atoms with E-state index < -0.39 is 21.9 Å². The molecule has 0 radical (unpaired) electrons. The van der Waals surface area contributed by atoms with E-state index in [1.165, 1.54) is 0 Å². The molecule has 1 N–H and O–H groups in total. The Hall–Kier alpha value is -0.640. The molecular weight excluding hydrogens is 180 g/mol. The van der Waals surface area contributed by atoms with Gasteiger partial charge in [-0.05, 0) is 6.42 Å². The van der Waals surface area contributed by atoms with Crippen molar-refractivity contribution in [3.8, 4) is 6.07 Å². The third-order valence-corrected chi connectivity index (χ3v) is 3.38. The maximum Gasteiger partial charge on any atom is 0.227 e. The van der Waals surface area contributed by atoms with Crippen LogP contribution in [0.1, 0.15) is 6.42 Å². The fraction of sp³-hybridized carbons (Fsp3) is 0.833. The summed E-state index contributed by atoms with van der Waals surface area (Å²) in [7, 11) is -3.43. The second-order valence-electron chi connectivity index (χ2n) is 2.71. The number of β-amino-alcohol motifs (C(OH)–C–C–N with tert-alkyl or cyclic N) is 1. The van der Waals surface area contributed by atoms with Gasteiger partial charge in [-0.2, -0.15) is 9.57 Å². The van der Waals surface area contributed by atoms with Crippen LogP contribution in [0.15, 0.2) is 0 Å². The summed E-state index contributed by atoms with van der Waals surface area (Å²) in [4.78, 5) is 0. The van der Waals surface area contributed by atoms with E-state index >= 15 is 0 Å². The van der Waals surface area contributed by atoms with E-state index in [9.17, 15) is 8.42 Å². The lowest BCUT2D eigenvalue weighted by Crippen LogP contribution is -2.31. The summed E-state index contributed by atoms with van der Waals surface area (Å²) in [5.41, 5.74) is 0. The molecule has 0 saturated carbocycles. The molecule has 1 unspecified atom stereocenters. The van der Waals surface area contributed by atoms with E-state index in [2.05, 4.69) is 0 Å². The average Bonchev–Trinajstić information content (AvgIpc) is 2.36. The predicted molar refractivity (Wildman–Crippen MR) is 41.6 cm³/mol. The Labute approximate surface area is 71.3 Å². The Morgan fingerprint density at radius 1 is 1.67 bits per heavy atom. The Balaban J connectivity index is 2.66. The number of rotatable bonds is 2. The van der Waals surface area contributed by atoms with E-state index in [0.717, 1.165) is 4.31 Å². The molecule has 0 bridgehead atoms. The van der Waals surface area contributed by atoms with Crippen molar-refractivity contribution in [2.24, 2.45) is 0 Å². The van der Waals surface area contributed by atoms with E-state index in [-0.39, 0.29) is 6.54 Å². The van der Waals surface area contributed by atoms with Gasteiger partial charge in [-0.1, -0.05) is 0 Å². The van der Waals surface area contributed by atoms with Crippen molar-refractivity contribution in [1.29, 1.82) is 5.26 Å². The minimum atomic E-state index is -3.43. The summed E-state index contributed by atoms with van der Waals surface area (Å²) < 4.78 is 23.5. The molecule has 0 aromatic rings. The molecule has 1 aliphatic heterocycles. The van der Waals surface area contributed by atoms with Gasteiger partial charge in [-0.3, -0.25) is 0 Å². The Morgan fingerprint density at radius 3 is 2.75 bits per heavy atom. The maximum atomic E-state index is 11.2. The van der Waals surface area contributed by atoms with Gasteiger partial charge in [0, 0.05) is 13.1 Å². The van der Waals surface area contributed by atoms with Gasteiger partial charge < -0.3 is 5.11 Å². The minimum absolute atomic E-state index is 0.129. The smallest absolute Gasteiger partial charge is 0.227 e. The zero-order valence-corrected chi connectivity index (χ0v) is 7.29. The van der Waals surface area contributed by atoms with Crippen LogP contribution in [0.5, 0.6) is 0 Å². The summed E-state index contributed by atoms with van der Waals surface area (Å²) in [5, 5.41) is 17.3. The molecule has 0 aromatic heterocycles. The fourth-order valence-electron chi connectivity index (χ4n) is 1.14. The summed E-state index contributed by atoms with van der Waals surface area (Å²) in [5.74, 6) is -0.500. The van der Waals surface area contributed by atoms with Gasteiger partial charge in [0.25, 0.3) is 0 Å². The summed E-state index contributed by atoms with van der Waals surface area (Å²) in [6, 6.07) is 1.59. The fourth-order valence-corrected chi connectivity index (χ4v) is 2.26. The molecule has 12 heavy (non-hydrogen) atoms. The van der Waals surface area contributed by atoms with Crippen molar-refractivity contribution in [1.82, 2.24) is 4.31 Å². The lowest BCUT2D eigenvalue weighted by atomic mass is 10.3. The first-order valence-corrected chi connectivity index (χ1v) is 5.20. The zero-order chi connectivity index (χ0) is 9.19. The molecule has 1 heterocycles. The summed E-state index contributed by atoms with van der Waals surface area (Å²) >= 11 is 0. The Kier molecular flexibility index (Phi) is 2.67. The zero-order valence-electron chi connectivity index (χ0n) is 6.47. The third-order valence-electron chi connectivity index (χ3n) is 1.77. The lowest BCUT2D eigenvalue weighted by Gasteiger charge is -2.12. The number of sulfonamides is 1. The Morgan fingerprint density at radius 2 is 2.33 bits per heavy atom. The molecule has 0 aliphatic carbocycles. The normalized spacial score (nSPS) is 25.5. The number of nitrogens with zero attached hydrogens (tertiary/aromatic N) is 2. The van der Waals surface area contributed by atoms with Crippen LogP contribution in [-0.4, -0.2) is 42.8 Å². The van der Waals surface area contributed by atoms with Crippen molar-refractivity contribution in [3.63, 3.8) is 0 Å². The van der Waals surface area contributed by atoms with Crippen LogP contribution in [0.2, 0.25) is 0 Å². The second kappa shape index (κ2) is 3.39. The van der Waals surface area contributed by atoms with Gasteiger partial charge in [0.2, 0.25) is 10.0 Å².